The lowest BCUT2D eigenvalue weighted by Crippen LogP contribution is -2.23. The van der Waals surface area contributed by atoms with Gasteiger partial charge < -0.3 is 14.8 Å². The van der Waals surface area contributed by atoms with E-state index in [1.54, 1.807) is 18.3 Å². The average Bonchev–Trinajstić information content (AvgIpc) is 3.45. The molecule has 1 aliphatic carbocycles. The van der Waals surface area contributed by atoms with Crippen LogP contribution >= 0.6 is 15.9 Å². The first kappa shape index (κ1) is 17.7. The molecular formula is C18H18BrFN2O3. The Morgan fingerprint density at radius 3 is 2.88 bits per heavy atom. The van der Waals surface area contributed by atoms with E-state index in [1.807, 2.05) is 0 Å². The molecule has 5 nitrogen and oxygen atoms in total. The summed E-state index contributed by atoms with van der Waals surface area (Å²) in [5.74, 6) is 0.463. The molecule has 0 saturated heterocycles. The van der Waals surface area contributed by atoms with Gasteiger partial charge in [-0.05, 0) is 52.5 Å². The van der Waals surface area contributed by atoms with Gasteiger partial charge in [0.25, 0.3) is 5.91 Å². The van der Waals surface area contributed by atoms with Crippen molar-refractivity contribution in [1.82, 2.24) is 10.3 Å². The van der Waals surface area contributed by atoms with Crippen LogP contribution in [0.15, 0.2) is 36.7 Å². The van der Waals surface area contributed by atoms with Gasteiger partial charge in [-0.2, -0.15) is 0 Å². The smallest absolute Gasteiger partial charge is 0.253 e. The maximum Gasteiger partial charge on any atom is 0.253 e. The standard InChI is InChI=1S/C18H18BrFN2O3/c1-24-16-5-2-11(6-15(16)20)8-22-18(23)13-7-14(10-21-9-13)25-17(19)12-3-4-12/h2,5-7,9-10,12,17H,3-4,8H2,1H3,(H,22,23)/t17-/m0/s1. The summed E-state index contributed by atoms with van der Waals surface area (Å²) in [6.07, 6.45) is 5.33. The normalized spacial score (nSPS) is 14.7. The molecule has 1 fully saturated rings. The minimum atomic E-state index is -0.463. The van der Waals surface area contributed by atoms with Gasteiger partial charge in [0.1, 0.15) is 5.75 Å². The summed E-state index contributed by atoms with van der Waals surface area (Å²) >= 11 is 3.49. The number of nitrogens with one attached hydrogen (secondary N) is 1. The summed E-state index contributed by atoms with van der Waals surface area (Å²) in [6, 6.07) is 6.21. The molecule has 0 aliphatic heterocycles. The molecule has 132 valence electrons. The Morgan fingerprint density at radius 1 is 1.40 bits per heavy atom. The third-order valence-electron chi connectivity index (χ3n) is 3.89. The van der Waals surface area contributed by atoms with Crippen LogP contribution in [0.3, 0.4) is 0 Å². The Balaban J connectivity index is 1.60. The number of pyridine rings is 1. The zero-order valence-electron chi connectivity index (χ0n) is 13.7. The average molecular weight is 409 g/mol. The van der Waals surface area contributed by atoms with Crippen molar-refractivity contribution in [2.45, 2.75) is 24.4 Å². The van der Waals surface area contributed by atoms with Crippen LogP contribution in [-0.4, -0.2) is 23.0 Å². The van der Waals surface area contributed by atoms with Gasteiger partial charge in [0.2, 0.25) is 0 Å². The number of benzene rings is 1. The third-order valence-corrected chi connectivity index (χ3v) is 4.82. The van der Waals surface area contributed by atoms with E-state index in [2.05, 4.69) is 26.2 Å². The van der Waals surface area contributed by atoms with Gasteiger partial charge in [0.15, 0.2) is 16.6 Å². The highest BCUT2D eigenvalue weighted by Gasteiger charge is 2.31. The Bertz CT molecular complexity index is 768. The number of ether oxygens (including phenoxy) is 2. The fourth-order valence-corrected chi connectivity index (χ4v) is 3.04. The van der Waals surface area contributed by atoms with E-state index < -0.39 is 5.82 Å². The maximum absolute atomic E-state index is 13.7. The maximum atomic E-state index is 13.7. The third kappa shape index (κ3) is 4.69. The lowest BCUT2D eigenvalue weighted by atomic mass is 10.2. The first-order valence-electron chi connectivity index (χ1n) is 7.93. The quantitative estimate of drug-likeness (QED) is 0.709. The molecule has 1 aliphatic rings. The summed E-state index contributed by atoms with van der Waals surface area (Å²) in [4.78, 5) is 16.3. The lowest BCUT2D eigenvalue weighted by Gasteiger charge is -2.12. The van der Waals surface area contributed by atoms with Crippen LogP contribution in [0.5, 0.6) is 11.5 Å². The van der Waals surface area contributed by atoms with Crippen molar-refractivity contribution in [3.05, 3.63) is 53.6 Å². The van der Waals surface area contributed by atoms with Gasteiger partial charge in [0.05, 0.1) is 18.9 Å². The first-order valence-corrected chi connectivity index (χ1v) is 8.85. The van der Waals surface area contributed by atoms with Gasteiger partial charge in [-0.3, -0.25) is 9.78 Å². The van der Waals surface area contributed by atoms with Crippen LogP contribution < -0.4 is 14.8 Å². The number of alkyl halides is 1. The van der Waals surface area contributed by atoms with Gasteiger partial charge in [-0.1, -0.05) is 6.07 Å². The van der Waals surface area contributed by atoms with Crippen molar-refractivity contribution >= 4 is 21.8 Å². The Labute approximate surface area is 153 Å². The topological polar surface area (TPSA) is 60.5 Å². The van der Waals surface area contributed by atoms with Crippen molar-refractivity contribution < 1.29 is 18.7 Å². The summed E-state index contributed by atoms with van der Waals surface area (Å²) in [5.41, 5.74) is 1.03. The number of nitrogens with zero attached hydrogens (tertiary/aromatic N) is 1. The molecule has 0 radical (unpaired) electrons. The van der Waals surface area contributed by atoms with Crippen LogP contribution in [0.2, 0.25) is 0 Å². The number of halogens is 2. The minimum absolute atomic E-state index is 0.0603. The molecule has 25 heavy (non-hydrogen) atoms. The van der Waals surface area contributed by atoms with Gasteiger partial charge in [0, 0.05) is 18.7 Å². The highest BCUT2D eigenvalue weighted by atomic mass is 79.9. The summed E-state index contributed by atoms with van der Waals surface area (Å²) < 4.78 is 24.3. The van der Waals surface area contributed by atoms with Gasteiger partial charge in [-0.25, -0.2) is 4.39 Å². The number of aromatic nitrogens is 1. The molecule has 0 bridgehead atoms. The van der Waals surface area contributed by atoms with Crippen LogP contribution in [0.1, 0.15) is 28.8 Å². The SMILES string of the molecule is COc1ccc(CNC(=O)c2cncc(O[C@H](Br)C3CC3)c2)cc1F. The second kappa shape index (κ2) is 7.82. The molecule has 3 rings (SSSR count). The molecule has 1 heterocycles. The van der Waals surface area contributed by atoms with E-state index >= 15 is 0 Å². The number of rotatable bonds is 7. The zero-order chi connectivity index (χ0) is 17.8. The van der Waals surface area contributed by atoms with E-state index in [0.717, 1.165) is 12.8 Å². The predicted molar refractivity (Wildman–Crippen MR) is 94.4 cm³/mol. The van der Waals surface area contributed by atoms with Crippen molar-refractivity contribution in [1.29, 1.82) is 0 Å². The Kier molecular flexibility index (Phi) is 5.53. The molecule has 0 spiro atoms. The summed E-state index contributed by atoms with van der Waals surface area (Å²) in [7, 11) is 1.41. The molecular weight excluding hydrogens is 391 g/mol. The summed E-state index contributed by atoms with van der Waals surface area (Å²) in [5, 5.41) is 2.68. The second-order valence-electron chi connectivity index (χ2n) is 5.87. The number of hydrogen-bond donors (Lipinski definition) is 1. The van der Waals surface area contributed by atoms with Gasteiger partial charge >= 0.3 is 0 Å². The molecule has 1 saturated carbocycles. The van der Waals surface area contributed by atoms with E-state index in [9.17, 15) is 9.18 Å². The highest BCUT2D eigenvalue weighted by Crippen LogP contribution is 2.37. The fraction of sp³-hybridized carbons (Fsp3) is 0.333. The van der Waals surface area contributed by atoms with Crippen LogP contribution in [-0.2, 0) is 6.54 Å². The van der Waals surface area contributed by atoms with E-state index in [1.165, 1.54) is 25.4 Å². The van der Waals surface area contributed by atoms with Crippen molar-refractivity contribution in [3.8, 4) is 11.5 Å². The van der Waals surface area contributed by atoms with Gasteiger partial charge in [-0.15, -0.1) is 0 Å². The van der Waals surface area contributed by atoms with E-state index in [-0.39, 0.29) is 23.2 Å². The van der Waals surface area contributed by atoms with E-state index in [0.29, 0.717) is 22.8 Å². The molecule has 1 atom stereocenters. The largest absolute Gasteiger partial charge is 0.494 e. The lowest BCUT2D eigenvalue weighted by molar-refractivity contribution is 0.0950. The number of hydrogen-bond acceptors (Lipinski definition) is 4. The van der Waals surface area contributed by atoms with Crippen molar-refractivity contribution in [3.63, 3.8) is 0 Å². The van der Waals surface area contributed by atoms with Crippen molar-refractivity contribution in [2.75, 3.05) is 7.11 Å². The van der Waals surface area contributed by atoms with Crippen LogP contribution in [0.4, 0.5) is 4.39 Å². The number of carbonyl (C=O) groups excluding carboxylic acids is 1. The predicted octanol–water partition coefficient (Wildman–Crippen LogP) is 3.67. The monoisotopic (exact) mass is 408 g/mol. The molecule has 1 aromatic heterocycles. The van der Waals surface area contributed by atoms with E-state index in [4.69, 9.17) is 9.47 Å². The first-order chi connectivity index (χ1) is 12.1. The fourth-order valence-electron chi connectivity index (χ4n) is 2.30. The number of carbonyl (C=O) groups is 1. The molecule has 1 aromatic carbocycles. The minimum Gasteiger partial charge on any atom is -0.494 e. The van der Waals surface area contributed by atoms with Crippen LogP contribution in [0.25, 0.3) is 0 Å². The Morgan fingerprint density at radius 2 is 2.20 bits per heavy atom. The molecule has 1 amide bonds. The Hall–Kier alpha value is -2.15. The molecule has 7 heteroatoms. The number of amides is 1. The van der Waals surface area contributed by atoms with Crippen LogP contribution in [0, 0.1) is 11.7 Å². The highest BCUT2D eigenvalue weighted by molar-refractivity contribution is 9.09. The van der Waals surface area contributed by atoms with Crippen molar-refractivity contribution in [2.24, 2.45) is 5.92 Å². The molecule has 0 unspecified atom stereocenters. The zero-order valence-corrected chi connectivity index (χ0v) is 15.3. The summed E-state index contributed by atoms with van der Waals surface area (Å²) in [6.45, 7) is 0.202. The number of methoxy groups -OCH3 is 1. The second-order valence-corrected chi connectivity index (χ2v) is 6.77. The molecule has 2 aromatic rings. The molecule has 1 N–H and O–H groups in total.